The van der Waals surface area contributed by atoms with E-state index < -0.39 is 0 Å². The zero-order valence-corrected chi connectivity index (χ0v) is 19.1. The highest BCUT2D eigenvalue weighted by Crippen LogP contribution is 2.34. The Kier molecular flexibility index (Phi) is 5.73. The van der Waals surface area contributed by atoms with Crippen molar-refractivity contribution in [2.24, 2.45) is 9.98 Å². The highest BCUT2D eigenvalue weighted by molar-refractivity contribution is 5.99. The van der Waals surface area contributed by atoms with Crippen LogP contribution in [0, 0.1) is 0 Å². The monoisotopic (exact) mass is 460 g/mol. The summed E-state index contributed by atoms with van der Waals surface area (Å²) in [6, 6.07) is 36.0. The van der Waals surface area contributed by atoms with Crippen molar-refractivity contribution in [3.8, 4) is 11.5 Å². The molecule has 2 atom stereocenters. The number of nitrogens with zero attached hydrogens (tertiary/aromatic N) is 2. The molecule has 6 rings (SSSR count). The topological polar surface area (TPSA) is 52.4 Å². The summed E-state index contributed by atoms with van der Waals surface area (Å²) < 4.78 is 18.4. The third kappa shape index (κ3) is 4.41. The second-order valence-corrected chi connectivity index (χ2v) is 8.44. The lowest BCUT2D eigenvalue weighted by Gasteiger charge is -2.13. The first-order chi connectivity index (χ1) is 17.3. The Morgan fingerprint density at radius 2 is 0.914 bits per heavy atom. The van der Waals surface area contributed by atoms with Crippen molar-refractivity contribution in [3.63, 3.8) is 0 Å². The molecule has 2 aliphatic heterocycles. The molecule has 2 aliphatic rings. The first-order valence-corrected chi connectivity index (χ1v) is 11.7. The van der Waals surface area contributed by atoms with Crippen molar-refractivity contribution in [1.29, 1.82) is 0 Å². The van der Waals surface area contributed by atoms with Crippen LogP contribution in [0.15, 0.2) is 119 Å². The van der Waals surface area contributed by atoms with Crippen LogP contribution in [0.3, 0.4) is 0 Å². The first-order valence-electron chi connectivity index (χ1n) is 11.7. The fraction of sp³-hybridized carbons (Fsp3) is 0.133. The molecule has 0 aliphatic carbocycles. The molecule has 0 spiro atoms. The zero-order chi connectivity index (χ0) is 23.5. The minimum Gasteiger partial charge on any atom is -0.475 e. The lowest BCUT2D eigenvalue weighted by Crippen LogP contribution is -2.06. The molecule has 0 radical (unpaired) electrons. The molecule has 0 fully saturated rings. The van der Waals surface area contributed by atoms with Crippen LogP contribution in [-0.2, 0) is 9.47 Å². The Bertz CT molecular complexity index is 1280. The van der Waals surface area contributed by atoms with Gasteiger partial charge >= 0.3 is 0 Å². The molecule has 4 aromatic carbocycles. The summed E-state index contributed by atoms with van der Waals surface area (Å²) in [5, 5.41) is 0. The van der Waals surface area contributed by atoms with E-state index in [2.05, 4.69) is 24.3 Å². The maximum atomic E-state index is 6.43. The van der Waals surface area contributed by atoms with Crippen molar-refractivity contribution in [2.75, 3.05) is 13.2 Å². The normalized spacial score (nSPS) is 18.9. The van der Waals surface area contributed by atoms with E-state index in [1.807, 2.05) is 84.9 Å². The first kappa shape index (κ1) is 21.2. The molecule has 0 unspecified atom stereocenters. The molecule has 0 saturated heterocycles. The number of ether oxygens (including phenoxy) is 3. The molecule has 4 aromatic rings. The number of hydrogen-bond donors (Lipinski definition) is 0. The average Bonchev–Trinajstić information content (AvgIpc) is 3.61. The van der Waals surface area contributed by atoms with E-state index in [9.17, 15) is 0 Å². The van der Waals surface area contributed by atoms with Gasteiger partial charge in [-0.1, -0.05) is 84.9 Å². The van der Waals surface area contributed by atoms with Crippen LogP contribution >= 0.6 is 0 Å². The lowest BCUT2D eigenvalue weighted by molar-refractivity contribution is 0.317. The van der Waals surface area contributed by atoms with Gasteiger partial charge in [0.15, 0.2) is 0 Å². The van der Waals surface area contributed by atoms with Gasteiger partial charge in [0, 0.05) is 0 Å². The van der Waals surface area contributed by atoms with E-state index in [1.165, 1.54) is 0 Å². The summed E-state index contributed by atoms with van der Waals surface area (Å²) in [7, 11) is 0. The molecule has 0 aromatic heterocycles. The third-order valence-electron chi connectivity index (χ3n) is 6.13. The molecule has 35 heavy (non-hydrogen) atoms. The molecule has 5 heteroatoms. The van der Waals surface area contributed by atoms with Crippen LogP contribution in [0.5, 0.6) is 11.5 Å². The summed E-state index contributed by atoms with van der Waals surface area (Å²) in [6.07, 6.45) is 0. The van der Waals surface area contributed by atoms with Crippen LogP contribution < -0.4 is 4.74 Å². The molecule has 0 N–H and O–H groups in total. The van der Waals surface area contributed by atoms with Crippen LogP contribution in [0.1, 0.15) is 34.3 Å². The molecule has 0 amide bonds. The number of hydrogen-bond acceptors (Lipinski definition) is 5. The highest BCUT2D eigenvalue weighted by Gasteiger charge is 2.26. The molecular weight excluding hydrogens is 436 g/mol. The Morgan fingerprint density at radius 1 is 0.514 bits per heavy atom. The second kappa shape index (κ2) is 9.47. The predicted molar refractivity (Wildman–Crippen MR) is 136 cm³/mol. The van der Waals surface area contributed by atoms with Gasteiger partial charge in [-0.2, -0.15) is 0 Å². The number of aliphatic imine (C=N–C) groups is 2. The van der Waals surface area contributed by atoms with Crippen LogP contribution in [0.4, 0.5) is 0 Å². The average molecular weight is 461 g/mol. The van der Waals surface area contributed by atoms with Gasteiger partial charge in [-0.15, -0.1) is 0 Å². The van der Waals surface area contributed by atoms with Gasteiger partial charge in [0.25, 0.3) is 0 Å². The quantitative estimate of drug-likeness (QED) is 0.329. The summed E-state index contributed by atoms with van der Waals surface area (Å²) in [4.78, 5) is 9.68. The Hall–Kier alpha value is -4.38. The standard InChI is InChI=1S/C30H24N2O3/c1-3-11-21(12-4-1)25-19-33-29(31-25)23-15-7-9-17-27(23)35-28-18-10-8-16-24(28)30-32-26(20-34-30)22-13-5-2-6-14-22/h1-18,25-26H,19-20H2/t25-,26-/m0/s1. The van der Waals surface area contributed by atoms with Crippen molar-refractivity contribution in [3.05, 3.63) is 131 Å². The van der Waals surface area contributed by atoms with E-state index in [0.29, 0.717) is 36.5 Å². The summed E-state index contributed by atoms with van der Waals surface area (Å²) in [5.74, 6) is 2.52. The molecule has 0 saturated carbocycles. The van der Waals surface area contributed by atoms with Gasteiger partial charge in [0.2, 0.25) is 11.8 Å². The minimum absolute atomic E-state index is 0.0253. The fourth-order valence-corrected chi connectivity index (χ4v) is 4.32. The molecule has 2 heterocycles. The Labute approximate surface area is 204 Å². The molecule has 172 valence electrons. The van der Waals surface area contributed by atoms with Crippen molar-refractivity contribution < 1.29 is 14.2 Å². The third-order valence-corrected chi connectivity index (χ3v) is 6.13. The lowest BCUT2D eigenvalue weighted by atomic mass is 10.1. The van der Waals surface area contributed by atoms with Crippen molar-refractivity contribution >= 4 is 11.8 Å². The number of benzene rings is 4. The van der Waals surface area contributed by atoms with Gasteiger partial charge in [-0.3, -0.25) is 0 Å². The van der Waals surface area contributed by atoms with Crippen molar-refractivity contribution in [1.82, 2.24) is 0 Å². The van der Waals surface area contributed by atoms with Gasteiger partial charge in [-0.25, -0.2) is 9.98 Å². The Balaban J connectivity index is 1.29. The largest absolute Gasteiger partial charge is 0.475 e. The number of para-hydroxylation sites is 2. The second-order valence-electron chi connectivity index (χ2n) is 8.44. The van der Waals surface area contributed by atoms with Crippen molar-refractivity contribution in [2.45, 2.75) is 12.1 Å². The van der Waals surface area contributed by atoms with E-state index in [4.69, 9.17) is 24.2 Å². The maximum Gasteiger partial charge on any atom is 0.220 e. The van der Waals surface area contributed by atoms with Crippen LogP contribution in [-0.4, -0.2) is 25.0 Å². The van der Waals surface area contributed by atoms with Gasteiger partial charge in [0.05, 0.1) is 11.1 Å². The highest BCUT2D eigenvalue weighted by atomic mass is 16.5. The minimum atomic E-state index is -0.0253. The Morgan fingerprint density at radius 3 is 1.37 bits per heavy atom. The van der Waals surface area contributed by atoms with E-state index in [-0.39, 0.29) is 12.1 Å². The van der Waals surface area contributed by atoms with E-state index >= 15 is 0 Å². The van der Waals surface area contributed by atoms with Gasteiger partial charge in [0.1, 0.15) is 36.8 Å². The molecule has 5 nitrogen and oxygen atoms in total. The summed E-state index contributed by atoms with van der Waals surface area (Å²) in [6.45, 7) is 1.02. The van der Waals surface area contributed by atoms with E-state index in [0.717, 1.165) is 22.3 Å². The zero-order valence-electron chi connectivity index (χ0n) is 19.1. The van der Waals surface area contributed by atoms with Crippen LogP contribution in [0.25, 0.3) is 0 Å². The van der Waals surface area contributed by atoms with E-state index in [1.54, 1.807) is 0 Å². The maximum absolute atomic E-state index is 6.43. The van der Waals surface area contributed by atoms with Gasteiger partial charge < -0.3 is 14.2 Å². The predicted octanol–water partition coefficient (Wildman–Crippen LogP) is 6.52. The SMILES string of the molecule is c1ccc([C@@H]2COC(c3ccccc3Oc3ccccc3C3=N[C@H](c4ccccc4)CO3)=N2)cc1. The molecular formula is C30H24N2O3. The van der Waals surface area contributed by atoms with Crippen LogP contribution in [0.2, 0.25) is 0 Å². The fourth-order valence-electron chi connectivity index (χ4n) is 4.32. The smallest absolute Gasteiger partial charge is 0.220 e. The summed E-state index contributed by atoms with van der Waals surface area (Å²) >= 11 is 0. The number of rotatable bonds is 6. The van der Waals surface area contributed by atoms with Gasteiger partial charge in [-0.05, 0) is 35.4 Å². The summed E-state index contributed by atoms with van der Waals surface area (Å²) in [5.41, 5.74) is 3.90. The molecule has 0 bridgehead atoms.